The summed E-state index contributed by atoms with van der Waals surface area (Å²) < 4.78 is 6.44. The van der Waals surface area contributed by atoms with E-state index in [1.54, 1.807) is 12.5 Å². The Balaban J connectivity index is 1.84. The van der Waals surface area contributed by atoms with Crippen LogP contribution in [0, 0.1) is 0 Å². The molecule has 2 rings (SSSR count). The fourth-order valence-corrected chi connectivity index (χ4v) is 1.84. The SMILES string of the molecule is Brc1cncc(NCC2CCC=CO2)c1. The van der Waals surface area contributed by atoms with E-state index in [-0.39, 0.29) is 6.10 Å². The van der Waals surface area contributed by atoms with Crippen LogP contribution >= 0.6 is 15.9 Å². The van der Waals surface area contributed by atoms with Gasteiger partial charge in [0.15, 0.2) is 0 Å². The number of halogens is 1. The molecule has 0 amide bonds. The third-order valence-electron chi connectivity index (χ3n) is 2.26. The standard InChI is InChI=1S/C11H13BrN2O/c12-9-5-10(7-13-6-9)14-8-11-3-1-2-4-15-11/h2,4-7,11,14H,1,3,8H2. The van der Waals surface area contributed by atoms with Crippen molar-refractivity contribution in [3.05, 3.63) is 35.3 Å². The largest absolute Gasteiger partial charge is 0.497 e. The molecule has 0 aromatic carbocycles. The van der Waals surface area contributed by atoms with Crippen LogP contribution in [0.4, 0.5) is 5.69 Å². The third-order valence-corrected chi connectivity index (χ3v) is 2.69. The zero-order valence-corrected chi connectivity index (χ0v) is 9.90. The molecular weight excluding hydrogens is 256 g/mol. The number of hydrogen-bond acceptors (Lipinski definition) is 3. The zero-order valence-electron chi connectivity index (χ0n) is 8.32. The highest BCUT2D eigenvalue weighted by molar-refractivity contribution is 9.10. The Hall–Kier alpha value is -1.03. The number of pyridine rings is 1. The van der Waals surface area contributed by atoms with Crippen LogP contribution in [0.5, 0.6) is 0 Å². The number of rotatable bonds is 3. The molecule has 0 bridgehead atoms. The highest BCUT2D eigenvalue weighted by Crippen LogP contribution is 2.15. The van der Waals surface area contributed by atoms with E-state index in [0.717, 1.165) is 29.5 Å². The highest BCUT2D eigenvalue weighted by Gasteiger charge is 2.10. The number of nitrogens with zero attached hydrogens (tertiary/aromatic N) is 1. The fraction of sp³-hybridized carbons (Fsp3) is 0.364. The quantitative estimate of drug-likeness (QED) is 0.916. The molecule has 1 N–H and O–H groups in total. The molecule has 1 atom stereocenters. The van der Waals surface area contributed by atoms with Gasteiger partial charge in [0.25, 0.3) is 0 Å². The van der Waals surface area contributed by atoms with Gasteiger partial charge in [0.2, 0.25) is 0 Å². The summed E-state index contributed by atoms with van der Waals surface area (Å²) in [5.74, 6) is 0. The summed E-state index contributed by atoms with van der Waals surface area (Å²) in [6.07, 6.45) is 9.86. The first-order valence-electron chi connectivity index (χ1n) is 4.99. The normalized spacial score (nSPS) is 19.7. The van der Waals surface area contributed by atoms with Crippen molar-refractivity contribution in [3.63, 3.8) is 0 Å². The van der Waals surface area contributed by atoms with E-state index in [2.05, 4.69) is 32.3 Å². The average molecular weight is 269 g/mol. The van der Waals surface area contributed by atoms with Gasteiger partial charge < -0.3 is 10.1 Å². The molecule has 0 fully saturated rings. The smallest absolute Gasteiger partial charge is 0.115 e. The number of nitrogens with one attached hydrogen (secondary N) is 1. The molecule has 80 valence electrons. The third kappa shape index (κ3) is 3.23. The summed E-state index contributed by atoms with van der Waals surface area (Å²) in [7, 11) is 0. The average Bonchev–Trinajstić information content (AvgIpc) is 2.28. The van der Waals surface area contributed by atoms with Gasteiger partial charge in [0.1, 0.15) is 6.10 Å². The molecule has 1 aliphatic rings. The Morgan fingerprint density at radius 2 is 2.47 bits per heavy atom. The van der Waals surface area contributed by atoms with E-state index in [9.17, 15) is 0 Å². The van der Waals surface area contributed by atoms with E-state index in [4.69, 9.17) is 4.74 Å². The van der Waals surface area contributed by atoms with Gasteiger partial charge in [0, 0.05) is 10.7 Å². The molecule has 0 saturated carbocycles. The van der Waals surface area contributed by atoms with Crippen LogP contribution in [0.25, 0.3) is 0 Å². The van der Waals surface area contributed by atoms with Gasteiger partial charge in [-0.3, -0.25) is 4.98 Å². The molecule has 1 aromatic rings. The first kappa shape index (κ1) is 10.5. The Kier molecular flexibility index (Phi) is 3.61. The molecule has 4 heteroatoms. The van der Waals surface area contributed by atoms with Crippen LogP contribution in [0.1, 0.15) is 12.8 Å². The van der Waals surface area contributed by atoms with E-state index < -0.39 is 0 Å². The van der Waals surface area contributed by atoms with Crippen LogP contribution in [-0.4, -0.2) is 17.6 Å². The molecule has 0 saturated heterocycles. The van der Waals surface area contributed by atoms with E-state index in [0.29, 0.717) is 0 Å². The Morgan fingerprint density at radius 1 is 1.53 bits per heavy atom. The molecule has 0 spiro atoms. The van der Waals surface area contributed by atoms with Crippen molar-refractivity contribution in [2.75, 3.05) is 11.9 Å². The number of ether oxygens (including phenoxy) is 1. The molecule has 2 heterocycles. The monoisotopic (exact) mass is 268 g/mol. The first-order valence-corrected chi connectivity index (χ1v) is 5.79. The van der Waals surface area contributed by atoms with Gasteiger partial charge in [-0.25, -0.2) is 0 Å². The van der Waals surface area contributed by atoms with Gasteiger partial charge in [-0.05, 0) is 40.9 Å². The summed E-state index contributed by atoms with van der Waals surface area (Å²) >= 11 is 3.38. The summed E-state index contributed by atoms with van der Waals surface area (Å²) in [6, 6.07) is 2.01. The second-order valence-electron chi connectivity index (χ2n) is 3.48. The lowest BCUT2D eigenvalue weighted by molar-refractivity contribution is 0.135. The van der Waals surface area contributed by atoms with E-state index in [1.807, 2.05) is 12.3 Å². The van der Waals surface area contributed by atoms with Crippen molar-refractivity contribution in [1.82, 2.24) is 4.98 Å². The molecule has 0 radical (unpaired) electrons. The zero-order chi connectivity index (χ0) is 10.5. The van der Waals surface area contributed by atoms with Crippen LogP contribution in [-0.2, 0) is 4.74 Å². The summed E-state index contributed by atoms with van der Waals surface area (Å²) in [5, 5.41) is 3.30. The fourth-order valence-electron chi connectivity index (χ4n) is 1.48. The Labute approximate surface area is 97.7 Å². The maximum absolute atomic E-state index is 5.45. The van der Waals surface area contributed by atoms with E-state index >= 15 is 0 Å². The molecule has 1 aromatic heterocycles. The highest BCUT2D eigenvalue weighted by atomic mass is 79.9. The predicted molar refractivity (Wildman–Crippen MR) is 63.7 cm³/mol. The summed E-state index contributed by atoms with van der Waals surface area (Å²) in [5.41, 5.74) is 1.02. The van der Waals surface area contributed by atoms with E-state index in [1.165, 1.54) is 0 Å². The van der Waals surface area contributed by atoms with Gasteiger partial charge in [-0.15, -0.1) is 0 Å². The van der Waals surface area contributed by atoms with Crippen LogP contribution in [0.15, 0.2) is 35.3 Å². The minimum absolute atomic E-state index is 0.272. The minimum Gasteiger partial charge on any atom is -0.497 e. The molecule has 1 aliphatic heterocycles. The Bertz CT molecular complexity index is 354. The van der Waals surface area contributed by atoms with Gasteiger partial charge in [0.05, 0.1) is 24.7 Å². The molecule has 15 heavy (non-hydrogen) atoms. The molecular formula is C11H13BrN2O. The number of aromatic nitrogens is 1. The molecule has 0 aliphatic carbocycles. The van der Waals surface area contributed by atoms with Crippen molar-refractivity contribution >= 4 is 21.6 Å². The number of hydrogen-bond donors (Lipinski definition) is 1. The lowest BCUT2D eigenvalue weighted by Crippen LogP contribution is -2.22. The summed E-state index contributed by atoms with van der Waals surface area (Å²) in [6.45, 7) is 0.822. The van der Waals surface area contributed by atoms with Crippen molar-refractivity contribution in [1.29, 1.82) is 0 Å². The predicted octanol–water partition coefficient (Wildman–Crippen LogP) is 2.95. The number of allylic oxidation sites excluding steroid dienone is 1. The molecule has 3 nitrogen and oxygen atoms in total. The topological polar surface area (TPSA) is 34.2 Å². The van der Waals surface area contributed by atoms with Crippen molar-refractivity contribution < 1.29 is 4.74 Å². The van der Waals surface area contributed by atoms with Crippen molar-refractivity contribution in [2.24, 2.45) is 0 Å². The maximum atomic E-state index is 5.45. The minimum atomic E-state index is 0.272. The second kappa shape index (κ2) is 5.16. The lowest BCUT2D eigenvalue weighted by Gasteiger charge is -2.20. The number of anilines is 1. The van der Waals surface area contributed by atoms with Gasteiger partial charge >= 0.3 is 0 Å². The van der Waals surface area contributed by atoms with Gasteiger partial charge in [-0.1, -0.05) is 0 Å². The summed E-state index contributed by atoms with van der Waals surface area (Å²) in [4.78, 5) is 4.08. The maximum Gasteiger partial charge on any atom is 0.115 e. The van der Waals surface area contributed by atoms with Crippen LogP contribution in [0.3, 0.4) is 0 Å². The second-order valence-corrected chi connectivity index (χ2v) is 4.40. The molecule has 1 unspecified atom stereocenters. The lowest BCUT2D eigenvalue weighted by atomic mass is 10.1. The van der Waals surface area contributed by atoms with Crippen LogP contribution in [0.2, 0.25) is 0 Å². The first-order chi connectivity index (χ1) is 7.34. The Morgan fingerprint density at radius 3 is 3.20 bits per heavy atom. The van der Waals surface area contributed by atoms with Crippen molar-refractivity contribution in [3.8, 4) is 0 Å². The van der Waals surface area contributed by atoms with Gasteiger partial charge in [-0.2, -0.15) is 0 Å². The van der Waals surface area contributed by atoms with Crippen molar-refractivity contribution in [2.45, 2.75) is 18.9 Å². The van der Waals surface area contributed by atoms with Crippen LogP contribution < -0.4 is 5.32 Å².